The van der Waals surface area contributed by atoms with Gasteiger partial charge in [-0.15, -0.1) is 0 Å². The van der Waals surface area contributed by atoms with Gasteiger partial charge in [0, 0.05) is 19.4 Å². The Labute approximate surface area is 120 Å². The topological polar surface area (TPSA) is 55.4 Å². The van der Waals surface area contributed by atoms with Crippen LogP contribution in [0.1, 0.15) is 37.7 Å². The molecule has 0 unspecified atom stereocenters. The van der Waals surface area contributed by atoms with Crippen LogP contribution in [0.25, 0.3) is 0 Å². The van der Waals surface area contributed by atoms with Crippen LogP contribution >= 0.6 is 0 Å². The van der Waals surface area contributed by atoms with Crippen molar-refractivity contribution in [2.45, 2.75) is 38.5 Å². The van der Waals surface area contributed by atoms with E-state index in [9.17, 15) is 9.59 Å². The van der Waals surface area contributed by atoms with Crippen LogP contribution < -0.4 is 5.32 Å². The standard InChI is InChI=1S/C16H23NO3/c1-20-16(19)10-6-3-7-13-17-15(18)12-11-14-8-4-2-5-9-14/h2,4-5,8-9H,3,6-7,10-13H2,1H3,(H,17,18). The maximum atomic E-state index is 11.6. The molecular formula is C16H23NO3. The SMILES string of the molecule is COC(=O)CCCCCNC(=O)CCc1ccccc1. The Morgan fingerprint density at radius 3 is 2.50 bits per heavy atom. The molecule has 0 radical (unpaired) electrons. The van der Waals surface area contributed by atoms with E-state index in [0.29, 0.717) is 19.4 Å². The van der Waals surface area contributed by atoms with Gasteiger partial charge in [0.15, 0.2) is 0 Å². The number of carbonyl (C=O) groups is 2. The van der Waals surface area contributed by atoms with Crippen molar-refractivity contribution in [2.24, 2.45) is 0 Å². The van der Waals surface area contributed by atoms with E-state index in [0.717, 1.165) is 25.7 Å². The zero-order chi connectivity index (χ0) is 14.6. The molecule has 0 aliphatic rings. The highest BCUT2D eigenvalue weighted by Crippen LogP contribution is 2.03. The molecule has 0 aromatic heterocycles. The van der Waals surface area contributed by atoms with Crippen molar-refractivity contribution in [2.75, 3.05) is 13.7 Å². The monoisotopic (exact) mass is 277 g/mol. The summed E-state index contributed by atoms with van der Waals surface area (Å²) in [6.07, 6.45) is 4.38. The molecule has 1 N–H and O–H groups in total. The van der Waals surface area contributed by atoms with Crippen LogP contribution in [-0.4, -0.2) is 25.5 Å². The van der Waals surface area contributed by atoms with Gasteiger partial charge in [-0.3, -0.25) is 9.59 Å². The fraction of sp³-hybridized carbons (Fsp3) is 0.500. The van der Waals surface area contributed by atoms with Crippen LogP contribution in [0, 0.1) is 0 Å². The van der Waals surface area contributed by atoms with E-state index in [1.165, 1.54) is 12.7 Å². The summed E-state index contributed by atoms with van der Waals surface area (Å²) >= 11 is 0. The molecule has 0 spiro atoms. The first kappa shape index (κ1) is 16.2. The first-order chi connectivity index (χ1) is 9.72. The summed E-state index contributed by atoms with van der Waals surface area (Å²) in [6, 6.07) is 9.99. The van der Waals surface area contributed by atoms with Gasteiger partial charge in [-0.25, -0.2) is 0 Å². The predicted molar refractivity (Wildman–Crippen MR) is 78.3 cm³/mol. The van der Waals surface area contributed by atoms with E-state index in [4.69, 9.17) is 0 Å². The summed E-state index contributed by atoms with van der Waals surface area (Å²) in [7, 11) is 1.40. The van der Waals surface area contributed by atoms with Crippen molar-refractivity contribution in [3.8, 4) is 0 Å². The lowest BCUT2D eigenvalue weighted by Crippen LogP contribution is -2.24. The number of benzene rings is 1. The Bertz CT molecular complexity index is 403. The Kier molecular flexibility index (Phi) is 8.11. The number of aryl methyl sites for hydroxylation is 1. The number of nitrogens with one attached hydrogen (secondary N) is 1. The molecule has 0 aliphatic heterocycles. The van der Waals surface area contributed by atoms with Gasteiger partial charge in [-0.05, 0) is 24.8 Å². The van der Waals surface area contributed by atoms with E-state index in [-0.39, 0.29) is 11.9 Å². The van der Waals surface area contributed by atoms with E-state index >= 15 is 0 Å². The molecule has 1 rings (SSSR count). The highest BCUT2D eigenvalue weighted by atomic mass is 16.5. The minimum atomic E-state index is -0.170. The van der Waals surface area contributed by atoms with E-state index in [1.807, 2.05) is 30.3 Å². The zero-order valence-electron chi connectivity index (χ0n) is 12.1. The number of unbranched alkanes of at least 4 members (excludes halogenated alkanes) is 2. The van der Waals surface area contributed by atoms with Gasteiger partial charge in [-0.1, -0.05) is 36.8 Å². The predicted octanol–water partition coefficient (Wildman–Crippen LogP) is 2.47. The van der Waals surface area contributed by atoms with Crippen molar-refractivity contribution in [3.63, 3.8) is 0 Å². The zero-order valence-corrected chi connectivity index (χ0v) is 12.1. The summed E-state index contributed by atoms with van der Waals surface area (Å²) in [5, 5.41) is 2.90. The fourth-order valence-corrected chi connectivity index (χ4v) is 1.89. The third kappa shape index (κ3) is 7.56. The fourth-order valence-electron chi connectivity index (χ4n) is 1.89. The second-order valence-electron chi connectivity index (χ2n) is 4.72. The first-order valence-corrected chi connectivity index (χ1v) is 7.10. The van der Waals surface area contributed by atoms with E-state index in [1.54, 1.807) is 0 Å². The van der Waals surface area contributed by atoms with Crippen LogP contribution in [0.3, 0.4) is 0 Å². The number of methoxy groups -OCH3 is 1. The third-order valence-electron chi connectivity index (χ3n) is 3.09. The molecule has 4 nitrogen and oxygen atoms in total. The molecule has 0 atom stereocenters. The highest BCUT2D eigenvalue weighted by Gasteiger charge is 2.02. The average molecular weight is 277 g/mol. The van der Waals surface area contributed by atoms with E-state index in [2.05, 4.69) is 10.1 Å². The van der Waals surface area contributed by atoms with Crippen LogP contribution in [0.15, 0.2) is 30.3 Å². The van der Waals surface area contributed by atoms with Crippen LogP contribution in [0.2, 0.25) is 0 Å². The smallest absolute Gasteiger partial charge is 0.305 e. The second kappa shape index (κ2) is 10.0. The van der Waals surface area contributed by atoms with Crippen molar-refractivity contribution in [3.05, 3.63) is 35.9 Å². The first-order valence-electron chi connectivity index (χ1n) is 7.10. The average Bonchev–Trinajstić information content (AvgIpc) is 2.49. The largest absolute Gasteiger partial charge is 0.469 e. The second-order valence-corrected chi connectivity index (χ2v) is 4.72. The molecule has 0 fully saturated rings. The van der Waals surface area contributed by atoms with Crippen LogP contribution in [-0.2, 0) is 20.7 Å². The molecule has 0 aliphatic carbocycles. The molecule has 4 heteroatoms. The van der Waals surface area contributed by atoms with Gasteiger partial charge >= 0.3 is 5.97 Å². The molecule has 0 bridgehead atoms. The summed E-state index contributed by atoms with van der Waals surface area (Å²) in [5.41, 5.74) is 1.18. The van der Waals surface area contributed by atoms with Crippen molar-refractivity contribution in [1.82, 2.24) is 5.32 Å². The molecule has 0 saturated heterocycles. The van der Waals surface area contributed by atoms with Gasteiger partial charge in [0.2, 0.25) is 5.91 Å². The lowest BCUT2D eigenvalue weighted by Gasteiger charge is -2.05. The maximum absolute atomic E-state index is 11.6. The van der Waals surface area contributed by atoms with Gasteiger partial charge < -0.3 is 10.1 Å². The van der Waals surface area contributed by atoms with Crippen molar-refractivity contribution in [1.29, 1.82) is 0 Å². The van der Waals surface area contributed by atoms with Gasteiger partial charge in [-0.2, -0.15) is 0 Å². The van der Waals surface area contributed by atoms with Crippen LogP contribution in [0.5, 0.6) is 0 Å². The number of amides is 1. The molecule has 1 aromatic rings. The number of hydrogen-bond acceptors (Lipinski definition) is 3. The number of hydrogen-bond donors (Lipinski definition) is 1. The molecule has 1 aromatic carbocycles. The lowest BCUT2D eigenvalue weighted by atomic mass is 10.1. The molecule has 1 amide bonds. The minimum Gasteiger partial charge on any atom is -0.469 e. The number of rotatable bonds is 9. The number of esters is 1. The Morgan fingerprint density at radius 1 is 1.05 bits per heavy atom. The van der Waals surface area contributed by atoms with Crippen molar-refractivity contribution >= 4 is 11.9 Å². The molecule has 0 heterocycles. The van der Waals surface area contributed by atoms with Gasteiger partial charge in [0.25, 0.3) is 0 Å². The molecule has 20 heavy (non-hydrogen) atoms. The molecular weight excluding hydrogens is 254 g/mol. The lowest BCUT2D eigenvalue weighted by molar-refractivity contribution is -0.140. The Hall–Kier alpha value is -1.84. The summed E-state index contributed by atoms with van der Waals surface area (Å²) < 4.78 is 4.56. The Balaban J connectivity index is 1.99. The number of ether oxygens (including phenoxy) is 1. The quantitative estimate of drug-likeness (QED) is 0.557. The number of carbonyl (C=O) groups excluding carboxylic acids is 2. The van der Waals surface area contributed by atoms with Gasteiger partial charge in [0.05, 0.1) is 7.11 Å². The highest BCUT2D eigenvalue weighted by molar-refractivity contribution is 5.76. The third-order valence-corrected chi connectivity index (χ3v) is 3.09. The normalized spacial score (nSPS) is 10.1. The summed E-state index contributed by atoms with van der Waals surface area (Å²) in [5.74, 6) is -0.0845. The van der Waals surface area contributed by atoms with Crippen LogP contribution in [0.4, 0.5) is 0 Å². The summed E-state index contributed by atoms with van der Waals surface area (Å²) in [6.45, 7) is 0.675. The molecule has 110 valence electrons. The molecule has 0 saturated carbocycles. The van der Waals surface area contributed by atoms with E-state index < -0.39 is 0 Å². The summed E-state index contributed by atoms with van der Waals surface area (Å²) in [4.78, 5) is 22.5. The van der Waals surface area contributed by atoms with Crippen molar-refractivity contribution < 1.29 is 14.3 Å². The minimum absolute atomic E-state index is 0.0850. The maximum Gasteiger partial charge on any atom is 0.305 e. The Morgan fingerprint density at radius 2 is 1.80 bits per heavy atom. The van der Waals surface area contributed by atoms with Gasteiger partial charge in [0.1, 0.15) is 0 Å².